The van der Waals surface area contributed by atoms with E-state index in [0.717, 1.165) is 44.8 Å². The average molecular weight is 416 g/mol. The van der Waals surface area contributed by atoms with Crippen molar-refractivity contribution < 1.29 is 16.8 Å². The summed E-state index contributed by atoms with van der Waals surface area (Å²) in [5.41, 5.74) is 1.79. The van der Waals surface area contributed by atoms with Gasteiger partial charge in [0.2, 0.25) is 10.0 Å². The van der Waals surface area contributed by atoms with Crippen LogP contribution in [-0.4, -0.2) is 33.6 Å². The monoisotopic (exact) mass is 415 g/mol. The van der Waals surface area contributed by atoms with Crippen molar-refractivity contribution in [2.24, 2.45) is 11.8 Å². The molecule has 0 bridgehead atoms. The zero-order valence-corrected chi connectivity index (χ0v) is 18.5. The van der Waals surface area contributed by atoms with Crippen LogP contribution in [0, 0.1) is 11.8 Å². The number of hydrogen-bond donors (Lipinski definition) is 1. The molecule has 1 aliphatic rings. The van der Waals surface area contributed by atoms with Crippen molar-refractivity contribution >= 4 is 25.5 Å². The highest BCUT2D eigenvalue weighted by Crippen LogP contribution is 2.34. The molecule has 0 radical (unpaired) electrons. The number of hydrogen-bond acceptors (Lipinski definition) is 4. The van der Waals surface area contributed by atoms with Crippen molar-refractivity contribution in [1.29, 1.82) is 0 Å². The van der Waals surface area contributed by atoms with E-state index < -0.39 is 24.6 Å². The second-order valence-corrected chi connectivity index (χ2v) is 13.4. The Kier molecular flexibility index (Phi) is 7.01. The summed E-state index contributed by atoms with van der Waals surface area (Å²) in [6, 6.07) is 7.53. The van der Waals surface area contributed by atoms with Crippen molar-refractivity contribution in [1.82, 2.24) is 0 Å². The van der Waals surface area contributed by atoms with E-state index in [4.69, 9.17) is 0 Å². The van der Waals surface area contributed by atoms with Gasteiger partial charge in [0.15, 0.2) is 9.84 Å². The maximum atomic E-state index is 12.4. The zero-order chi connectivity index (χ0) is 20.3. The molecular formula is C20H33NO4S2. The van der Waals surface area contributed by atoms with Crippen molar-refractivity contribution in [2.75, 3.05) is 16.7 Å². The largest absolute Gasteiger partial charge is 0.284 e. The number of rotatable bonds is 7. The minimum Gasteiger partial charge on any atom is -0.284 e. The molecule has 0 saturated heterocycles. The van der Waals surface area contributed by atoms with Gasteiger partial charge < -0.3 is 0 Å². The smallest absolute Gasteiger partial charge is 0.229 e. The minimum atomic E-state index is -3.24. The number of sulfone groups is 1. The highest BCUT2D eigenvalue weighted by atomic mass is 32.2. The van der Waals surface area contributed by atoms with E-state index >= 15 is 0 Å². The van der Waals surface area contributed by atoms with Crippen LogP contribution in [0.25, 0.3) is 0 Å². The lowest BCUT2D eigenvalue weighted by molar-refractivity contribution is 0.278. The SMILES string of the molecule is CC(C)(C)S(=O)(=O)CC1CCC(CCc2ccc(NS(C)(=O)=O)cc2)CC1. The number of sulfonamides is 1. The molecule has 0 heterocycles. The molecule has 1 saturated carbocycles. The summed E-state index contributed by atoms with van der Waals surface area (Å²) in [5, 5.41) is 0. The molecule has 154 valence electrons. The quantitative estimate of drug-likeness (QED) is 0.729. The molecule has 0 unspecified atom stereocenters. The molecule has 0 aliphatic heterocycles. The van der Waals surface area contributed by atoms with Gasteiger partial charge in [0.05, 0.1) is 16.8 Å². The van der Waals surface area contributed by atoms with Crippen LogP contribution in [0.1, 0.15) is 58.4 Å². The van der Waals surface area contributed by atoms with Gasteiger partial charge in [0.25, 0.3) is 0 Å². The molecule has 1 aliphatic carbocycles. The fourth-order valence-electron chi connectivity index (χ4n) is 3.57. The van der Waals surface area contributed by atoms with Gasteiger partial charge in [-0.05, 0) is 76.0 Å². The normalized spacial score (nSPS) is 21.8. The average Bonchev–Trinajstić information content (AvgIpc) is 2.53. The Labute approximate surface area is 164 Å². The third-order valence-electron chi connectivity index (χ3n) is 5.45. The zero-order valence-electron chi connectivity index (χ0n) is 16.9. The fourth-order valence-corrected chi connectivity index (χ4v) is 5.59. The first kappa shape index (κ1) is 22.2. The lowest BCUT2D eigenvalue weighted by Crippen LogP contribution is -2.34. The van der Waals surface area contributed by atoms with Crippen LogP contribution in [0.2, 0.25) is 0 Å². The van der Waals surface area contributed by atoms with Crippen LogP contribution in [0.4, 0.5) is 5.69 Å². The van der Waals surface area contributed by atoms with Gasteiger partial charge in [-0.2, -0.15) is 0 Å². The summed E-state index contributed by atoms with van der Waals surface area (Å²) in [5.74, 6) is 1.26. The summed E-state index contributed by atoms with van der Waals surface area (Å²) in [6.07, 6.45) is 7.39. The summed E-state index contributed by atoms with van der Waals surface area (Å²) in [7, 11) is -6.28. The van der Waals surface area contributed by atoms with Crippen LogP contribution >= 0.6 is 0 Å². The number of nitrogens with one attached hydrogen (secondary N) is 1. The van der Waals surface area contributed by atoms with E-state index in [2.05, 4.69) is 4.72 Å². The molecule has 2 rings (SSSR count). The van der Waals surface area contributed by atoms with E-state index in [1.54, 1.807) is 32.9 Å². The lowest BCUT2D eigenvalue weighted by Gasteiger charge is -2.30. The van der Waals surface area contributed by atoms with E-state index in [1.165, 1.54) is 5.56 Å². The Morgan fingerprint density at radius 2 is 1.44 bits per heavy atom. The molecule has 1 fully saturated rings. The van der Waals surface area contributed by atoms with Gasteiger partial charge in [0, 0.05) is 5.69 Å². The van der Waals surface area contributed by atoms with Crippen LogP contribution in [-0.2, 0) is 26.3 Å². The molecule has 0 amide bonds. The molecule has 7 heteroatoms. The Morgan fingerprint density at radius 3 is 1.93 bits per heavy atom. The van der Waals surface area contributed by atoms with Gasteiger partial charge in [-0.1, -0.05) is 25.0 Å². The summed E-state index contributed by atoms with van der Waals surface area (Å²) in [4.78, 5) is 0. The predicted octanol–water partition coefficient (Wildman–Crippen LogP) is 4.01. The third-order valence-corrected chi connectivity index (χ3v) is 8.84. The first-order valence-electron chi connectivity index (χ1n) is 9.65. The van der Waals surface area contributed by atoms with E-state index in [0.29, 0.717) is 23.3 Å². The molecule has 1 aromatic rings. The Morgan fingerprint density at radius 1 is 0.926 bits per heavy atom. The second kappa shape index (κ2) is 8.52. The third kappa shape index (κ3) is 7.11. The van der Waals surface area contributed by atoms with Gasteiger partial charge in [-0.3, -0.25) is 4.72 Å². The topological polar surface area (TPSA) is 80.3 Å². The summed E-state index contributed by atoms with van der Waals surface area (Å²) >= 11 is 0. The standard InChI is InChI=1S/C20H33NO4S2/c1-20(2,3)27(24,25)15-18-9-7-16(8-10-18)5-6-17-11-13-19(14-12-17)21-26(4,22)23/h11-14,16,18,21H,5-10,15H2,1-4H3. The van der Waals surface area contributed by atoms with Crippen LogP contribution < -0.4 is 4.72 Å². The molecular weight excluding hydrogens is 382 g/mol. The first-order valence-corrected chi connectivity index (χ1v) is 13.2. The van der Waals surface area contributed by atoms with Crippen LogP contribution in [0.15, 0.2) is 24.3 Å². The van der Waals surface area contributed by atoms with E-state index in [1.807, 2.05) is 12.1 Å². The molecule has 0 spiro atoms. The second-order valence-electron chi connectivity index (χ2n) is 8.89. The highest BCUT2D eigenvalue weighted by molar-refractivity contribution is 7.92. The molecule has 5 nitrogen and oxygen atoms in total. The summed E-state index contributed by atoms with van der Waals surface area (Å²) < 4.78 is 49.0. The predicted molar refractivity (Wildman–Crippen MR) is 112 cm³/mol. The van der Waals surface area contributed by atoms with Crippen molar-refractivity contribution in [3.8, 4) is 0 Å². The molecule has 0 atom stereocenters. The van der Waals surface area contributed by atoms with E-state index in [9.17, 15) is 16.8 Å². The maximum Gasteiger partial charge on any atom is 0.229 e. The summed E-state index contributed by atoms with van der Waals surface area (Å²) in [6.45, 7) is 5.35. The minimum absolute atomic E-state index is 0.298. The molecule has 1 aromatic carbocycles. The van der Waals surface area contributed by atoms with Crippen LogP contribution in [0.3, 0.4) is 0 Å². The highest BCUT2D eigenvalue weighted by Gasteiger charge is 2.33. The lowest BCUT2D eigenvalue weighted by atomic mass is 9.80. The molecule has 27 heavy (non-hydrogen) atoms. The Bertz CT molecular complexity index is 814. The fraction of sp³-hybridized carbons (Fsp3) is 0.700. The number of anilines is 1. The maximum absolute atomic E-state index is 12.4. The first-order chi connectivity index (χ1) is 12.4. The van der Waals surface area contributed by atoms with Crippen molar-refractivity contribution in [2.45, 2.75) is 64.0 Å². The van der Waals surface area contributed by atoms with Crippen molar-refractivity contribution in [3.05, 3.63) is 29.8 Å². The van der Waals surface area contributed by atoms with Gasteiger partial charge in [-0.25, -0.2) is 16.8 Å². The van der Waals surface area contributed by atoms with E-state index in [-0.39, 0.29) is 0 Å². The molecule has 0 aromatic heterocycles. The number of benzene rings is 1. The van der Waals surface area contributed by atoms with Gasteiger partial charge >= 0.3 is 0 Å². The Hall–Kier alpha value is -1.08. The Balaban J connectivity index is 1.78. The van der Waals surface area contributed by atoms with Crippen molar-refractivity contribution in [3.63, 3.8) is 0 Å². The molecule has 1 N–H and O–H groups in total. The number of aryl methyl sites for hydroxylation is 1. The van der Waals surface area contributed by atoms with Crippen LogP contribution in [0.5, 0.6) is 0 Å². The van der Waals surface area contributed by atoms with Gasteiger partial charge in [0.1, 0.15) is 0 Å². The van der Waals surface area contributed by atoms with Gasteiger partial charge in [-0.15, -0.1) is 0 Å².